The molecule has 3 aromatic rings. The zero-order valence-electron chi connectivity index (χ0n) is 12.6. The van der Waals surface area contributed by atoms with Gasteiger partial charge in [-0.15, -0.1) is 0 Å². The highest BCUT2D eigenvalue weighted by Gasteiger charge is 2.20. The number of nitrogen functional groups attached to an aromatic ring is 1. The van der Waals surface area contributed by atoms with Gasteiger partial charge in [0.2, 0.25) is 0 Å². The van der Waals surface area contributed by atoms with Crippen molar-refractivity contribution in [3.63, 3.8) is 0 Å². The molecule has 114 valence electrons. The predicted octanol–water partition coefficient (Wildman–Crippen LogP) is 3.63. The Kier molecular flexibility index (Phi) is 3.20. The van der Waals surface area contributed by atoms with E-state index in [1.165, 1.54) is 0 Å². The van der Waals surface area contributed by atoms with Crippen LogP contribution in [-0.4, -0.2) is 15.4 Å². The molecule has 1 aliphatic heterocycles. The van der Waals surface area contributed by atoms with E-state index < -0.39 is 0 Å². The van der Waals surface area contributed by atoms with Crippen LogP contribution in [0.1, 0.15) is 28.2 Å². The van der Waals surface area contributed by atoms with Gasteiger partial charge in [0, 0.05) is 28.3 Å². The van der Waals surface area contributed by atoms with Gasteiger partial charge in [-0.3, -0.25) is 0 Å². The van der Waals surface area contributed by atoms with Gasteiger partial charge in [-0.1, -0.05) is 29.8 Å². The van der Waals surface area contributed by atoms with Crippen LogP contribution in [0.5, 0.6) is 0 Å². The molecular weight excluding hydrogens is 308 g/mol. The molecule has 2 N–H and O–H groups in total. The summed E-state index contributed by atoms with van der Waals surface area (Å²) in [6, 6.07) is 13.7. The molecule has 0 atom stereocenters. The molecule has 0 bridgehead atoms. The van der Waals surface area contributed by atoms with Gasteiger partial charge in [0.25, 0.3) is 0 Å². The SMILES string of the molecule is Cc1cnc2n1N=C(c1ccc(N)cc1)c1cc(Cl)ccc1C2. The topological polar surface area (TPSA) is 56.2 Å². The van der Waals surface area contributed by atoms with E-state index in [9.17, 15) is 0 Å². The summed E-state index contributed by atoms with van der Waals surface area (Å²) in [5.41, 5.74) is 11.6. The maximum absolute atomic E-state index is 6.23. The molecule has 0 saturated carbocycles. The lowest BCUT2D eigenvalue weighted by Crippen LogP contribution is -2.07. The van der Waals surface area contributed by atoms with Crippen molar-refractivity contribution in [3.8, 4) is 0 Å². The molecule has 5 heteroatoms. The van der Waals surface area contributed by atoms with Crippen molar-refractivity contribution in [1.29, 1.82) is 0 Å². The summed E-state index contributed by atoms with van der Waals surface area (Å²) in [5, 5.41) is 5.55. The van der Waals surface area contributed by atoms with Gasteiger partial charge < -0.3 is 5.73 Å². The average molecular weight is 323 g/mol. The molecule has 2 aromatic carbocycles. The van der Waals surface area contributed by atoms with E-state index in [1.54, 1.807) is 0 Å². The molecular formula is C18H15ClN4. The molecule has 0 radical (unpaired) electrons. The first kappa shape index (κ1) is 14.0. The lowest BCUT2D eigenvalue weighted by molar-refractivity contribution is 0.781. The van der Waals surface area contributed by atoms with E-state index in [0.717, 1.165) is 46.0 Å². The number of nitrogens with zero attached hydrogens (tertiary/aromatic N) is 3. The molecule has 1 aromatic heterocycles. The van der Waals surface area contributed by atoms with Gasteiger partial charge in [0.1, 0.15) is 5.82 Å². The summed E-state index contributed by atoms with van der Waals surface area (Å²) in [6.45, 7) is 2.00. The van der Waals surface area contributed by atoms with Gasteiger partial charge in [-0.2, -0.15) is 5.10 Å². The van der Waals surface area contributed by atoms with E-state index in [1.807, 2.05) is 60.3 Å². The number of hydrogen-bond donors (Lipinski definition) is 1. The summed E-state index contributed by atoms with van der Waals surface area (Å²) in [5.74, 6) is 0.927. The highest BCUT2D eigenvalue weighted by molar-refractivity contribution is 6.31. The normalized spacial score (nSPS) is 13.0. The minimum atomic E-state index is 0.697. The van der Waals surface area contributed by atoms with Crippen LogP contribution < -0.4 is 5.73 Å². The highest BCUT2D eigenvalue weighted by Crippen LogP contribution is 2.26. The number of anilines is 1. The van der Waals surface area contributed by atoms with Gasteiger partial charge in [-0.25, -0.2) is 9.66 Å². The number of halogens is 1. The Morgan fingerprint density at radius 1 is 1.13 bits per heavy atom. The van der Waals surface area contributed by atoms with Crippen LogP contribution in [0, 0.1) is 6.92 Å². The average Bonchev–Trinajstić information content (AvgIpc) is 2.79. The van der Waals surface area contributed by atoms with Gasteiger partial charge >= 0.3 is 0 Å². The number of aromatic nitrogens is 2. The Bertz CT molecular complexity index is 923. The van der Waals surface area contributed by atoms with Gasteiger partial charge in [0.15, 0.2) is 0 Å². The van der Waals surface area contributed by atoms with E-state index >= 15 is 0 Å². The predicted molar refractivity (Wildman–Crippen MR) is 93.1 cm³/mol. The fourth-order valence-electron chi connectivity index (χ4n) is 2.84. The monoisotopic (exact) mass is 322 g/mol. The van der Waals surface area contributed by atoms with Crippen LogP contribution in [0.4, 0.5) is 5.69 Å². The summed E-state index contributed by atoms with van der Waals surface area (Å²) in [4.78, 5) is 4.48. The second-order valence-corrected chi connectivity index (χ2v) is 6.11. The van der Waals surface area contributed by atoms with Crippen LogP contribution in [0.2, 0.25) is 5.02 Å². The largest absolute Gasteiger partial charge is 0.399 e. The van der Waals surface area contributed by atoms with Crippen molar-refractivity contribution in [2.24, 2.45) is 5.10 Å². The highest BCUT2D eigenvalue weighted by atomic mass is 35.5. The summed E-state index contributed by atoms with van der Waals surface area (Å²) >= 11 is 6.23. The van der Waals surface area contributed by atoms with Crippen molar-refractivity contribution in [1.82, 2.24) is 9.66 Å². The number of rotatable bonds is 1. The summed E-state index contributed by atoms with van der Waals surface area (Å²) in [6.07, 6.45) is 2.57. The molecule has 4 nitrogen and oxygen atoms in total. The first-order valence-electron chi connectivity index (χ1n) is 7.39. The van der Waals surface area contributed by atoms with Crippen molar-refractivity contribution in [3.05, 3.63) is 81.9 Å². The van der Waals surface area contributed by atoms with Crippen LogP contribution >= 0.6 is 11.6 Å². The van der Waals surface area contributed by atoms with Crippen molar-refractivity contribution < 1.29 is 0 Å². The Hall–Kier alpha value is -2.59. The van der Waals surface area contributed by atoms with E-state index in [-0.39, 0.29) is 0 Å². The lowest BCUT2D eigenvalue weighted by Gasteiger charge is -2.10. The third-order valence-corrected chi connectivity index (χ3v) is 4.27. The molecule has 0 unspecified atom stereocenters. The lowest BCUT2D eigenvalue weighted by atomic mass is 9.96. The minimum Gasteiger partial charge on any atom is -0.399 e. The Morgan fingerprint density at radius 3 is 2.70 bits per heavy atom. The van der Waals surface area contributed by atoms with Crippen LogP contribution in [0.3, 0.4) is 0 Å². The van der Waals surface area contributed by atoms with Crippen LogP contribution in [-0.2, 0) is 6.42 Å². The third kappa shape index (κ3) is 2.41. The molecule has 0 spiro atoms. The standard InChI is InChI=1S/C18H15ClN4/c1-11-10-21-17-8-13-2-5-14(19)9-16(13)18(22-23(11)17)12-3-6-15(20)7-4-12/h2-7,9-10H,8,20H2,1H3. The smallest absolute Gasteiger partial charge is 0.134 e. The quantitative estimate of drug-likeness (QED) is 0.544. The van der Waals surface area contributed by atoms with E-state index in [0.29, 0.717) is 5.02 Å². The molecule has 0 fully saturated rings. The molecule has 0 aliphatic carbocycles. The van der Waals surface area contributed by atoms with Crippen molar-refractivity contribution in [2.75, 3.05) is 5.73 Å². The number of fused-ring (bicyclic) bond motifs is 2. The maximum atomic E-state index is 6.23. The zero-order valence-corrected chi connectivity index (χ0v) is 13.4. The number of imidazole rings is 1. The summed E-state index contributed by atoms with van der Waals surface area (Å²) in [7, 11) is 0. The molecule has 4 rings (SSSR count). The molecule has 1 aliphatic rings. The van der Waals surface area contributed by atoms with Crippen molar-refractivity contribution >= 4 is 23.0 Å². The number of nitrogens with two attached hydrogens (primary N) is 1. The Morgan fingerprint density at radius 2 is 1.91 bits per heavy atom. The third-order valence-electron chi connectivity index (χ3n) is 4.04. The fourth-order valence-corrected chi connectivity index (χ4v) is 3.01. The van der Waals surface area contributed by atoms with E-state index in [2.05, 4.69) is 4.98 Å². The molecule has 0 saturated heterocycles. The first-order valence-corrected chi connectivity index (χ1v) is 7.76. The zero-order chi connectivity index (χ0) is 16.0. The second-order valence-electron chi connectivity index (χ2n) is 5.68. The summed E-state index contributed by atoms with van der Waals surface area (Å²) < 4.78 is 1.90. The fraction of sp³-hybridized carbons (Fsp3) is 0.111. The first-order chi connectivity index (χ1) is 11.1. The minimum absolute atomic E-state index is 0.697. The Labute approximate surface area is 139 Å². The van der Waals surface area contributed by atoms with Crippen LogP contribution in [0.15, 0.2) is 53.8 Å². The van der Waals surface area contributed by atoms with Gasteiger partial charge in [0.05, 0.1) is 17.6 Å². The van der Waals surface area contributed by atoms with Gasteiger partial charge in [-0.05, 0) is 36.8 Å². The number of benzene rings is 2. The van der Waals surface area contributed by atoms with E-state index in [4.69, 9.17) is 22.4 Å². The molecule has 2 heterocycles. The Balaban J connectivity index is 2.00. The van der Waals surface area contributed by atoms with Crippen molar-refractivity contribution in [2.45, 2.75) is 13.3 Å². The second kappa shape index (κ2) is 5.25. The molecule has 23 heavy (non-hydrogen) atoms. The maximum Gasteiger partial charge on any atom is 0.134 e. The number of aryl methyl sites for hydroxylation is 1. The van der Waals surface area contributed by atoms with Crippen LogP contribution in [0.25, 0.3) is 0 Å². The molecule has 0 amide bonds. The number of hydrogen-bond acceptors (Lipinski definition) is 3.